The predicted octanol–water partition coefficient (Wildman–Crippen LogP) is 4.25. The molecular weight excluding hydrogens is 466 g/mol. The summed E-state index contributed by atoms with van der Waals surface area (Å²) in [5, 5.41) is 35.9. The highest BCUT2D eigenvalue weighted by molar-refractivity contribution is 6.21. The highest BCUT2D eigenvalue weighted by atomic mass is 19.4. The Morgan fingerprint density at radius 2 is 0.765 bits per heavy atom. The van der Waals surface area contributed by atoms with E-state index in [2.05, 4.69) is 19.9 Å². The lowest BCUT2D eigenvalue weighted by molar-refractivity contribution is -0.161. The molecule has 4 rings (SSSR count). The second-order valence-electron chi connectivity index (χ2n) is 6.62. The van der Waals surface area contributed by atoms with Gasteiger partial charge < -0.3 is 0 Å². The Bertz CT molecular complexity index is 1600. The van der Waals surface area contributed by atoms with Gasteiger partial charge in [0.25, 0.3) is 0 Å². The number of hydrogen-bond acceptors (Lipinski definition) is 8. The largest absolute Gasteiger partial charge is 0.417 e. The summed E-state index contributed by atoms with van der Waals surface area (Å²) in [5.41, 5.74) is -8.04. The van der Waals surface area contributed by atoms with Crippen LogP contribution in [0.1, 0.15) is 33.9 Å². The molecule has 2 heterocycles. The zero-order valence-electron chi connectivity index (χ0n) is 16.0. The van der Waals surface area contributed by atoms with Crippen molar-refractivity contribution in [3.05, 3.63) is 46.0 Å². The maximum absolute atomic E-state index is 13.6. The molecule has 0 bridgehead atoms. The van der Waals surface area contributed by atoms with E-state index in [-0.39, 0.29) is 23.2 Å². The van der Waals surface area contributed by atoms with Crippen LogP contribution in [0, 0.1) is 45.3 Å². The summed E-state index contributed by atoms with van der Waals surface area (Å²) in [6, 6.07) is 6.62. The fourth-order valence-electron chi connectivity index (χ4n) is 3.35. The van der Waals surface area contributed by atoms with Crippen LogP contribution in [-0.2, 0) is 12.4 Å². The molecule has 0 atom stereocenters. The molecule has 0 amide bonds. The van der Waals surface area contributed by atoms with Gasteiger partial charge >= 0.3 is 12.4 Å². The van der Waals surface area contributed by atoms with Crippen molar-refractivity contribution in [1.82, 2.24) is 19.9 Å². The molecule has 0 radical (unpaired) electrons. The molecule has 8 nitrogen and oxygen atoms in total. The first-order valence-electron chi connectivity index (χ1n) is 8.72. The van der Waals surface area contributed by atoms with Crippen molar-refractivity contribution >= 4 is 32.8 Å². The third-order valence-electron chi connectivity index (χ3n) is 4.72. The summed E-state index contributed by atoms with van der Waals surface area (Å²) in [4.78, 5) is 15.5. The van der Waals surface area contributed by atoms with Crippen molar-refractivity contribution < 1.29 is 26.3 Å². The van der Waals surface area contributed by atoms with Crippen molar-refractivity contribution in [2.75, 3.05) is 0 Å². The molecule has 0 aliphatic carbocycles. The Morgan fingerprint density at radius 3 is 1.00 bits per heavy atom. The Hall–Kier alpha value is -5.08. The predicted molar refractivity (Wildman–Crippen MR) is 99.0 cm³/mol. The van der Waals surface area contributed by atoms with E-state index in [1.54, 1.807) is 24.3 Å². The van der Waals surface area contributed by atoms with E-state index in [0.717, 1.165) is 0 Å². The van der Waals surface area contributed by atoms with Crippen LogP contribution in [0.15, 0.2) is 12.1 Å². The molecule has 0 spiro atoms. The Kier molecular flexibility index (Phi) is 4.70. The van der Waals surface area contributed by atoms with Gasteiger partial charge in [-0.25, -0.2) is 19.9 Å². The summed E-state index contributed by atoms with van der Waals surface area (Å²) >= 11 is 0. The quantitative estimate of drug-likeness (QED) is 0.275. The molecule has 4 aromatic rings. The van der Waals surface area contributed by atoms with Crippen LogP contribution in [0.3, 0.4) is 0 Å². The van der Waals surface area contributed by atoms with Gasteiger partial charge in [-0.15, -0.1) is 0 Å². The number of aromatic nitrogens is 4. The van der Waals surface area contributed by atoms with Crippen LogP contribution < -0.4 is 0 Å². The minimum Gasteiger partial charge on any atom is -0.232 e. The zero-order chi connectivity index (χ0) is 25.0. The first kappa shape index (κ1) is 22.1. The smallest absolute Gasteiger partial charge is 0.232 e. The lowest BCUT2D eigenvalue weighted by atomic mass is 9.97. The van der Waals surface area contributed by atoms with Crippen LogP contribution in [0.25, 0.3) is 32.8 Å². The SMILES string of the molecule is N#Cc1nc2c3cc(C(F)(F)F)c(C(F)(F)F)cc3c3nc(C#N)c(C#N)nc3c2nc1C#N. The van der Waals surface area contributed by atoms with E-state index in [9.17, 15) is 47.4 Å². The fourth-order valence-corrected chi connectivity index (χ4v) is 3.35. The van der Waals surface area contributed by atoms with Crippen molar-refractivity contribution in [2.24, 2.45) is 0 Å². The lowest BCUT2D eigenvalue weighted by Gasteiger charge is -2.18. The molecule has 2 aromatic heterocycles. The van der Waals surface area contributed by atoms with Gasteiger partial charge in [0.2, 0.25) is 0 Å². The summed E-state index contributed by atoms with van der Waals surface area (Å²) in [6.45, 7) is 0. The summed E-state index contributed by atoms with van der Waals surface area (Å²) in [6.07, 6.45) is -10.8. The second-order valence-corrected chi connectivity index (χ2v) is 6.62. The maximum atomic E-state index is 13.6. The topological polar surface area (TPSA) is 147 Å². The van der Waals surface area contributed by atoms with Gasteiger partial charge in [-0.3, -0.25) is 0 Å². The summed E-state index contributed by atoms with van der Waals surface area (Å²) in [7, 11) is 0. The molecule has 14 heteroatoms. The first-order valence-corrected chi connectivity index (χ1v) is 8.72. The van der Waals surface area contributed by atoms with E-state index < -0.39 is 68.1 Å². The third-order valence-corrected chi connectivity index (χ3v) is 4.72. The van der Waals surface area contributed by atoms with Gasteiger partial charge in [0.05, 0.1) is 11.1 Å². The van der Waals surface area contributed by atoms with E-state index >= 15 is 0 Å². The van der Waals surface area contributed by atoms with Gasteiger partial charge in [0.15, 0.2) is 22.8 Å². The van der Waals surface area contributed by atoms with Crippen LogP contribution in [-0.4, -0.2) is 19.9 Å². The van der Waals surface area contributed by atoms with Crippen LogP contribution in [0.2, 0.25) is 0 Å². The number of nitriles is 4. The number of hydrogen-bond donors (Lipinski definition) is 0. The molecule has 0 saturated carbocycles. The summed E-state index contributed by atoms with van der Waals surface area (Å²) in [5.74, 6) is 0. The molecule has 0 fully saturated rings. The van der Waals surface area contributed by atoms with Gasteiger partial charge in [0.1, 0.15) is 46.3 Å². The number of benzene rings is 2. The van der Waals surface area contributed by atoms with Crippen molar-refractivity contribution in [2.45, 2.75) is 12.4 Å². The molecule has 2 aromatic carbocycles. The molecule has 164 valence electrons. The molecule has 0 aliphatic heterocycles. The standard InChI is InChI=1S/C20H2F6N8/c21-19(22,23)9-1-7-8(2-10(9)20(24,25)26)16-18(34-14(6-30)12(4-28)32-16)17-15(7)31-11(3-27)13(5-29)33-17/h1-2H. The minimum absolute atomic E-state index is 0.188. The van der Waals surface area contributed by atoms with Crippen LogP contribution in [0.4, 0.5) is 26.3 Å². The first-order chi connectivity index (χ1) is 15.9. The van der Waals surface area contributed by atoms with Crippen molar-refractivity contribution in [3.8, 4) is 24.3 Å². The van der Waals surface area contributed by atoms with Crippen molar-refractivity contribution in [1.29, 1.82) is 21.0 Å². The highest BCUT2D eigenvalue weighted by Gasteiger charge is 2.43. The molecular formula is C20H2F6N8. The average Bonchev–Trinajstić information content (AvgIpc) is 2.80. The molecule has 0 aliphatic rings. The number of halogens is 6. The number of alkyl halides is 6. The maximum Gasteiger partial charge on any atom is 0.417 e. The monoisotopic (exact) mass is 468 g/mol. The van der Waals surface area contributed by atoms with E-state index in [1.165, 1.54) is 0 Å². The number of rotatable bonds is 0. The average molecular weight is 468 g/mol. The lowest BCUT2D eigenvalue weighted by Crippen LogP contribution is -2.16. The number of nitrogens with zero attached hydrogens (tertiary/aromatic N) is 8. The second kappa shape index (κ2) is 7.22. The highest BCUT2D eigenvalue weighted by Crippen LogP contribution is 2.44. The van der Waals surface area contributed by atoms with Crippen LogP contribution in [0.5, 0.6) is 0 Å². The third kappa shape index (κ3) is 3.22. The van der Waals surface area contributed by atoms with Gasteiger partial charge in [-0.1, -0.05) is 0 Å². The normalized spacial score (nSPS) is 11.7. The zero-order valence-corrected chi connectivity index (χ0v) is 16.0. The van der Waals surface area contributed by atoms with E-state index in [0.29, 0.717) is 0 Å². The van der Waals surface area contributed by atoms with Gasteiger partial charge in [0, 0.05) is 10.8 Å². The molecule has 34 heavy (non-hydrogen) atoms. The van der Waals surface area contributed by atoms with Gasteiger partial charge in [-0.05, 0) is 12.1 Å². The van der Waals surface area contributed by atoms with Gasteiger partial charge in [-0.2, -0.15) is 47.4 Å². The Balaban J connectivity index is 2.41. The van der Waals surface area contributed by atoms with E-state index in [1.807, 2.05) is 0 Å². The van der Waals surface area contributed by atoms with Crippen molar-refractivity contribution in [3.63, 3.8) is 0 Å². The Labute approximate surface area is 183 Å². The fraction of sp³-hybridized carbons (Fsp3) is 0.100. The molecule has 0 N–H and O–H groups in total. The molecule has 0 unspecified atom stereocenters. The van der Waals surface area contributed by atoms with Crippen LogP contribution >= 0.6 is 0 Å². The summed E-state index contributed by atoms with van der Waals surface area (Å²) < 4.78 is 81.4. The molecule has 0 saturated heterocycles. The minimum atomic E-state index is -5.42. The number of fused-ring (bicyclic) bond motifs is 6. The Morgan fingerprint density at radius 1 is 0.500 bits per heavy atom. The van der Waals surface area contributed by atoms with E-state index in [4.69, 9.17) is 0 Å².